The van der Waals surface area contributed by atoms with Gasteiger partial charge in [-0.1, -0.05) is 12.1 Å². The number of hydrogen-bond donors (Lipinski definition) is 0. The highest BCUT2D eigenvalue weighted by Gasteiger charge is 2.25. The zero-order chi connectivity index (χ0) is 20.8. The van der Waals surface area contributed by atoms with Crippen LogP contribution >= 0.6 is 11.8 Å². The molecule has 154 valence electrons. The number of ether oxygens (including phenoxy) is 1. The van der Waals surface area contributed by atoms with Gasteiger partial charge in [0.2, 0.25) is 5.91 Å². The number of nitro groups is 1. The molecule has 0 aliphatic carbocycles. The molecule has 2 aromatic rings. The van der Waals surface area contributed by atoms with E-state index < -0.39 is 4.92 Å². The molecule has 1 unspecified atom stereocenters. The van der Waals surface area contributed by atoms with Crippen LogP contribution in [0.15, 0.2) is 53.4 Å². The lowest BCUT2D eigenvalue weighted by Crippen LogP contribution is -2.49. The fourth-order valence-electron chi connectivity index (χ4n) is 3.37. The molecule has 1 fully saturated rings. The average Bonchev–Trinajstić information content (AvgIpc) is 2.77. The van der Waals surface area contributed by atoms with Gasteiger partial charge >= 0.3 is 0 Å². The SMILES string of the molecule is COc1cccc(C(C)N2CCN(C(=O)CSc3ccc([N+](=O)[O-])cc3)CC2)c1. The number of nitro benzene ring substituents is 1. The molecule has 1 heterocycles. The molecular weight excluding hydrogens is 390 g/mol. The van der Waals surface area contributed by atoms with Crippen molar-refractivity contribution in [3.05, 3.63) is 64.2 Å². The van der Waals surface area contributed by atoms with Crippen molar-refractivity contribution < 1.29 is 14.5 Å². The third-order valence-electron chi connectivity index (χ3n) is 5.20. The Bertz CT molecular complexity index is 851. The fraction of sp³-hybridized carbons (Fsp3) is 0.381. The van der Waals surface area contributed by atoms with Crippen molar-refractivity contribution in [2.45, 2.75) is 17.9 Å². The second kappa shape index (κ2) is 9.76. The summed E-state index contributed by atoms with van der Waals surface area (Å²) < 4.78 is 5.32. The van der Waals surface area contributed by atoms with Crippen LogP contribution in [0.25, 0.3) is 0 Å². The van der Waals surface area contributed by atoms with Crippen LogP contribution in [0.1, 0.15) is 18.5 Å². The van der Waals surface area contributed by atoms with Crippen molar-refractivity contribution in [3.63, 3.8) is 0 Å². The summed E-state index contributed by atoms with van der Waals surface area (Å²) in [6, 6.07) is 14.7. The van der Waals surface area contributed by atoms with Crippen molar-refractivity contribution in [2.24, 2.45) is 0 Å². The van der Waals surface area contributed by atoms with Gasteiger partial charge in [-0.15, -0.1) is 11.8 Å². The number of benzene rings is 2. The van der Waals surface area contributed by atoms with Crippen molar-refractivity contribution in [3.8, 4) is 5.75 Å². The van der Waals surface area contributed by atoms with Crippen molar-refractivity contribution in [2.75, 3.05) is 39.0 Å². The van der Waals surface area contributed by atoms with Crippen molar-refractivity contribution >= 4 is 23.4 Å². The Morgan fingerprint density at radius 3 is 2.48 bits per heavy atom. The van der Waals surface area contributed by atoms with Crippen LogP contribution in [-0.2, 0) is 4.79 Å². The van der Waals surface area contributed by atoms with E-state index in [1.165, 1.54) is 29.5 Å². The lowest BCUT2D eigenvalue weighted by atomic mass is 10.1. The molecule has 0 bridgehead atoms. The normalized spacial score (nSPS) is 15.7. The molecule has 0 N–H and O–H groups in total. The van der Waals surface area contributed by atoms with Crippen LogP contribution in [0, 0.1) is 10.1 Å². The van der Waals surface area contributed by atoms with E-state index in [4.69, 9.17) is 4.74 Å². The number of amides is 1. The number of carbonyl (C=O) groups excluding carboxylic acids is 1. The summed E-state index contributed by atoms with van der Waals surface area (Å²) in [5.74, 6) is 1.29. The average molecular weight is 416 g/mol. The quantitative estimate of drug-likeness (QED) is 0.391. The maximum Gasteiger partial charge on any atom is 0.269 e. The van der Waals surface area contributed by atoms with E-state index in [1.54, 1.807) is 19.2 Å². The third kappa shape index (κ3) is 5.48. The first-order valence-electron chi connectivity index (χ1n) is 9.51. The van der Waals surface area contributed by atoms with Gasteiger partial charge in [0, 0.05) is 49.2 Å². The Morgan fingerprint density at radius 1 is 1.17 bits per heavy atom. The minimum Gasteiger partial charge on any atom is -0.497 e. The van der Waals surface area contributed by atoms with Gasteiger partial charge in [-0.2, -0.15) is 0 Å². The van der Waals surface area contributed by atoms with Crippen LogP contribution in [-0.4, -0.2) is 59.7 Å². The smallest absolute Gasteiger partial charge is 0.269 e. The maximum absolute atomic E-state index is 12.5. The molecule has 1 aliphatic rings. The summed E-state index contributed by atoms with van der Waals surface area (Å²) in [5, 5.41) is 10.7. The van der Waals surface area contributed by atoms with E-state index in [-0.39, 0.29) is 17.6 Å². The molecule has 1 aliphatic heterocycles. The zero-order valence-corrected chi connectivity index (χ0v) is 17.4. The summed E-state index contributed by atoms with van der Waals surface area (Å²) in [7, 11) is 1.67. The summed E-state index contributed by atoms with van der Waals surface area (Å²) in [5.41, 5.74) is 1.26. The Hall–Kier alpha value is -2.58. The molecule has 1 amide bonds. The van der Waals surface area contributed by atoms with Gasteiger partial charge in [0.25, 0.3) is 5.69 Å². The molecule has 1 atom stereocenters. The number of methoxy groups -OCH3 is 1. The number of thioether (sulfide) groups is 1. The lowest BCUT2D eigenvalue weighted by molar-refractivity contribution is -0.384. The Balaban J connectivity index is 1.48. The van der Waals surface area contributed by atoms with Gasteiger partial charge in [0.05, 0.1) is 17.8 Å². The van der Waals surface area contributed by atoms with E-state index in [0.29, 0.717) is 18.8 Å². The molecule has 0 spiro atoms. The number of piperazine rings is 1. The highest BCUT2D eigenvalue weighted by molar-refractivity contribution is 8.00. The first-order valence-corrected chi connectivity index (χ1v) is 10.5. The maximum atomic E-state index is 12.5. The first-order chi connectivity index (χ1) is 14.0. The van der Waals surface area contributed by atoms with Gasteiger partial charge in [-0.3, -0.25) is 19.8 Å². The highest BCUT2D eigenvalue weighted by Crippen LogP contribution is 2.26. The topological polar surface area (TPSA) is 75.9 Å². The van der Waals surface area contributed by atoms with Gasteiger partial charge in [0.1, 0.15) is 5.75 Å². The number of rotatable bonds is 7. The van der Waals surface area contributed by atoms with Crippen LogP contribution in [0.2, 0.25) is 0 Å². The van der Waals surface area contributed by atoms with Gasteiger partial charge < -0.3 is 9.64 Å². The predicted molar refractivity (Wildman–Crippen MR) is 113 cm³/mol. The standard InChI is InChI=1S/C21H25N3O4S/c1-16(17-4-3-5-19(14-17)28-2)22-10-12-23(13-11-22)21(25)15-29-20-8-6-18(7-9-20)24(26)27/h3-9,14,16H,10-13,15H2,1-2H3. The molecule has 7 nitrogen and oxygen atoms in total. The lowest BCUT2D eigenvalue weighted by Gasteiger charge is -2.38. The van der Waals surface area contributed by atoms with Gasteiger partial charge in [-0.05, 0) is 36.8 Å². The molecule has 0 radical (unpaired) electrons. The highest BCUT2D eigenvalue weighted by atomic mass is 32.2. The number of carbonyl (C=O) groups is 1. The summed E-state index contributed by atoms with van der Waals surface area (Å²) in [6.07, 6.45) is 0. The molecular formula is C21H25N3O4S. The molecule has 1 saturated heterocycles. The van der Waals surface area contributed by atoms with E-state index in [9.17, 15) is 14.9 Å². The van der Waals surface area contributed by atoms with Crippen LogP contribution in [0.4, 0.5) is 5.69 Å². The fourth-order valence-corrected chi connectivity index (χ4v) is 4.17. The predicted octanol–water partition coefficient (Wildman–Crippen LogP) is 3.60. The van der Waals surface area contributed by atoms with E-state index in [1.807, 2.05) is 17.0 Å². The summed E-state index contributed by atoms with van der Waals surface area (Å²) in [6.45, 7) is 5.23. The molecule has 29 heavy (non-hydrogen) atoms. The van der Waals surface area contributed by atoms with E-state index in [2.05, 4.69) is 24.0 Å². The summed E-state index contributed by atoms with van der Waals surface area (Å²) in [4.78, 5) is 28.0. The molecule has 0 saturated carbocycles. The van der Waals surface area contributed by atoms with Crippen LogP contribution in [0.5, 0.6) is 5.75 Å². The first kappa shape index (κ1) is 21.1. The second-order valence-electron chi connectivity index (χ2n) is 6.91. The zero-order valence-electron chi connectivity index (χ0n) is 16.6. The molecule has 3 rings (SSSR count). The van der Waals surface area contributed by atoms with Crippen molar-refractivity contribution in [1.29, 1.82) is 0 Å². The number of non-ortho nitro benzene ring substituents is 1. The van der Waals surface area contributed by atoms with E-state index >= 15 is 0 Å². The Morgan fingerprint density at radius 2 is 1.86 bits per heavy atom. The Kier molecular flexibility index (Phi) is 7.11. The number of hydrogen-bond acceptors (Lipinski definition) is 6. The molecule has 2 aromatic carbocycles. The van der Waals surface area contributed by atoms with Gasteiger partial charge in [0.15, 0.2) is 0 Å². The Labute approximate surface area is 174 Å². The van der Waals surface area contributed by atoms with E-state index in [0.717, 1.165) is 23.7 Å². The minimum atomic E-state index is -0.425. The second-order valence-corrected chi connectivity index (χ2v) is 7.96. The van der Waals surface area contributed by atoms with Crippen LogP contribution < -0.4 is 4.74 Å². The minimum absolute atomic E-state index is 0.0574. The monoisotopic (exact) mass is 415 g/mol. The molecule has 8 heteroatoms. The van der Waals surface area contributed by atoms with Crippen LogP contribution in [0.3, 0.4) is 0 Å². The summed E-state index contributed by atoms with van der Waals surface area (Å²) >= 11 is 1.41. The third-order valence-corrected chi connectivity index (χ3v) is 6.20. The van der Waals surface area contributed by atoms with Crippen molar-refractivity contribution in [1.82, 2.24) is 9.80 Å². The molecule has 0 aromatic heterocycles. The largest absolute Gasteiger partial charge is 0.497 e. The van der Waals surface area contributed by atoms with Gasteiger partial charge in [-0.25, -0.2) is 0 Å². The number of nitrogens with zero attached hydrogens (tertiary/aromatic N) is 3.